The second-order valence-electron chi connectivity index (χ2n) is 6.16. The van der Waals surface area contributed by atoms with Gasteiger partial charge in [-0.2, -0.15) is 11.8 Å². The van der Waals surface area contributed by atoms with Crippen LogP contribution >= 0.6 is 11.8 Å². The summed E-state index contributed by atoms with van der Waals surface area (Å²) in [5.41, 5.74) is 0. The normalized spacial score (nSPS) is 21.9. The Labute approximate surface area is 140 Å². The molecule has 23 heavy (non-hydrogen) atoms. The maximum absolute atomic E-state index is 4.51. The fraction of sp³-hybridized carbons (Fsp3) is 0.562. The first-order chi connectivity index (χ1) is 11.3. The lowest BCUT2D eigenvalue weighted by Gasteiger charge is -2.28. The van der Waals surface area contributed by atoms with Gasteiger partial charge in [0, 0.05) is 69.1 Å². The molecule has 122 valence electrons. The minimum atomic E-state index is 0.486. The maximum atomic E-state index is 4.51. The monoisotopic (exact) mass is 330 g/mol. The van der Waals surface area contributed by atoms with Crippen LogP contribution in [-0.4, -0.2) is 57.2 Å². The first-order valence-electron chi connectivity index (χ1n) is 8.18. The fourth-order valence-corrected chi connectivity index (χ4v) is 4.33. The third kappa shape index (κ3) is 3.02. The lowest BCUT2D eigenvalue weighted by molar-refractivity contribution is 0.665. The predicted octanol–water partition coefficient (Wildman–Crippen LogP) is 1.76. The second-order valence-corrected chi connectivity index (χ2v) is 7.39. The van der Waals surface area contributed by atoms with Gasteiger partial charge in [0.25, 0.3) is 0 Å². The summed E-state index contributed by atoms with van der Waals surface area (Å²) in [5, 5.41) is 0. The molecule has 0 N–H and O–H groups in total. The fourth-order valence-electron chi connectivity index (χ4n) is 3.43. The number of rotatable bonds is 3. The number of aryl methyl sites for hydroxylation is 1. The Balaban J connectivity index is 1.49. The summed E-state index contributed by atoms with van der Waals surface area (Å²) in [5.74, 6) is 6.14. The molecule has 0 radical (unpaired) electrons. The topological polar surface area (TPSA) is 50.1 Å². The number of nitrogens with zero attached hydrogens (tertiary/aromatic N) is 6. The van der Waals surface area contributed by atoms with Gasteiger partial charge in [-0.25, -0.2) is 15.0 Å². The van der Waals surface area contributed by atoms with Gasteiger partial charge >= 0.3 is 0 Å². The van der Waals surface area contributed by atoms with Gasteiger partial charge in [0.1, 0.15) is 23.8 Å². The van der Waals surface area contributed by atoms with E-state index in [1.54, 1.807) is 6.33 Å². The van der Waals surface area contributed by atoms with Crippen LogP contribution in [0.3, 0.4) is 0 Å². The van der Waals surface area contributed by atoms with E-state index in [1.165, 1.54) is 17.3 Å². The first-order valence-corrected chi connectivity index (χ1v) is 9.33. The zero-order valence-electron chi connectivity index (χ0n) is 13.4. The van der Waals surface area contributed by atoms with Crippen molar-refractivity contribution in [2.75, 3.05) is 47.5 Å². The molecule has 2 fully saturated rings. The molecule has 2 aliphatic heterocycles. The van der Waals surface area contributed by atoms with Gasteiger partial charge in [-0.3, -0.25) is 0 Å². The number of hydrogen-bond acceptors (Lipinski definition) is 6. The van der Waals surface area contributed by atoms with E-state index < -0.39 is 0 Å². The SMILES string of the molecule is Cn1ccnc1C1CCN(c2cc(N3CCSCC3)ncn2)C1. The van der Waals surface area contributed by atoms with Crippen molar-refractivity contribution in [1.82, 2.24) is 19.5 Å². The molecule has 0 amide bonds. The average molecular weight is 330 g/mol. The third-order valence-electron chi connectivity index (χ3n) is 4.71. The third-order valence-corrected chi connectivity index (χ3v) is 5.65. The molecule has 0 saturated carbocycles. The molecule has 2 aromatic rings. The molecule has 0 bridgehead atoms. The molecule has 0 aliphatic carbocycles. The average Bonchev–Trinajstić information content (AvgIpc) is 3.24. The Bertz CT molecular complexity index is 666. The van der Waals surface area contributed by atoms with Gasteiger partial charge < -0.3 is 14.4 Å². The summed E-state index contributed by atoms with van der Waals surface area (Å²) in [6, 6.07) is 2.15. The number of aromatic nitrogens is 4. The van der Waals surface area contributed by atoms with Crippen LogP contribution in [-0.2, 0) is 7.05 Å². The number of hydrogen-bond donors (Lipinski definition) is 0. The summed E-state index contributed by atoms with van der Waals surface area (Å²) < 4.78 is 2.13. The molecule has 6 nitrogen and oxygen atoms in total. The molecule has 0 spiro atoms. The van der Waals surface area contributed by atoms with E-state index in [0.29, 0.717) is 5.92 Å². The lowest BCUT2D eigenvalue weighted by atomic mass is 10.1. The minimum Gasteiger partial charge on any atom is -0.356 e. The van der Waals surface area contributed by atoms with Crippen molar-refractivity contribution in [1.29, 1.82) is 0 Å². The zero-order valence-corrected chi connectivity index (χ0v) is 14.2. The van der Waals surface area contributed by atoms with Gasteiger partial charge in [-0.1, -0.05) is 0 Å². The molecule has 7 heteroatoms. The molecule has 1 atom stereocenters. The van der Waals surface area contributed by atoms with Crippen LogP contribution in [0.5, 0.6) is 0 Å². The molecule has 2 aliphatic rings. The minimum absolute atomic E-state index is 0.486. The van der Waals surface area contributed by atoms with Crippen LogP contribution in [0.4, 0.5) is 11.6 Å². The molecule has 2 aromatic heterocycles. The van der Waals surface area contributed by atoms with Crippen molar-refractivity contribution < 1.29 is 0 Å². The van der Waals surface area contributed by atoms with Gasteiger partial charge in [0.2, 0.25) is 0 Å². The molecule has 4 rings (SSSR count). The summed E-state index contributed by atoms with van der Waals surface area (Å²) >= 11 is 2.02. The Morgan fingerprint density at radius 2 is 1.83 bits per heavy atom. The summed E-state index contributed by atoms with van der Waals surface area (Å²) in [4.78, 5) is 18.2. The van der Waals surface area contributed by atoms with Gasteiger partial charge in [-0.15, -0.1) is 0 Å². The number of anilines is 2. The highest BCUT2D eigenvalue weighted by molar-refractivity contribution is 7.99. The van der Waals surface area contributed by atoms with E-state index in [2.05, 4.69) is 42.4 Å². The van der Waals surface area contributed by atoms with Crippen LogP contribution in [0.25, 0.3) is 0 Å². The summed E-state index contributed by atoms with van der Waals surface area (Å²) in [6.45, 7) is 4.18. The van der Waals surface area contributed by atoms with Crippen LogP contribution < -0.4 is 9.80 Å². The molecular formula is C16H22N6S. The second kappa shape index (κ2) is 6.39. The molecule has 4 heterocycles. The molecule has 1 unspecified atom stereocenters. The Morgan fingerprint density at radius 3 is 2.57 bits per heavy atom. The van der Waals surface area contributed by atoms with Crippen molar-refractivity contribution >= 4 is 23.4 Å². The quantitative estimate of drug-likeness (QED) is 0.855. The highest BCUT2D eigenvalue weighted by atomic mass is 32.2. The molecule has 2 saturated heterocycles. The Hall–Kier alpha value is -1.76. The maximum Gasteiger partial charge on any atom is 0.134 e. The predicted molar refractivity (Wildman–Crippen MR) is 94.3 cm³/mol. The highest BCUT2D eigenvalue weighted by Crippen LogP contribution is 2.30. The molecular weight excluding hydrogens is 308 g/mol. The first kappa shape index (κ1) is 14.8. The summed E-state index contributed by atoms with van der Waals surface area (Å²) in [6.07, 6.45) is 6.75. The van der Waals surface area contributed by atoms with E-state index in [9.17, 15) is 0 Å². The van der Waals surface area contributed by atoms with Crippen LogP contribution in [0.1, 0.15) is 18.2 Å². The van der Waals surface area contributed by atoms with Gasteiger partial charge in [0.05, 0.1) is 0 Å². The van der Waals surface area contributed by atoms with Crippen molar-refractivity contribution in [3.05, 3.63) is 30.6 Å². The van der Waals surface area contributed by atoms with Crippen molar-refractivity contribution in [2.24, 2.45) is 7.05 Å². The van der Waals surface area contributed by atoms with Crippen molar-refractivity contribution in [3.63, 3.8) is 0 Å². The summed E-state index contributed by atoms with van der Waals surface area (Å²) in [7, 11) is 2.07. The van der Waals surface area contributed by atoms with E-state index in [0.717, 1.165) is 44.2 Å². The Morgan fingerprint density at radius 1 is 1.04 bits per heavy atom. The smallest absolute Gasteiger partial charge is 0.134 e. The highest BCUT2D eigenvalue weighted by Gasteiger charge is 2.28. The van der Waals surface area contributed by atoms with Crippen molar-refractivity contribution in [2.45, 2.75) is 12.3 Å². The van der Waals surface area contributed by atoms with E-state index in [4.69, 9.17) is 0 Å². The van der Waals surface area contributed by atoms with E-state index >= 15 is 0 Å². The lowest BCUT2D eigenvalue weighted by Crippen LogP contribution is -2.33. The van der Waals surface area contributed by atoms with E-state index in [1.807, 2.05) is 24.2 Å². The van der Waals surface area contributed by atoms with Crippen LogP contribution in [0.2, 0.25) is 0 Å². The number of thioether (sulfide) groups is 1. The van der Waals surface area contributed by atoms with E-state index in [-0.39, 0.29) is 0 Å². The van der Waals surface area contributed by atoms with Gasteiger partial charge in [-0.05, 0) is 6.42 Å². The standard InChI is InChI=1S/C16H22N6S/c1-20-5-3-17-16(20)13-2-4-22(11-13)15-10-14(18-12-19-15)21-6-8-23-9-7-21/h3,5,10,12-13H,2,4,6-9,11H2,1H3. The Kier molecular flexibility index (Phi) is 4.11. The van der Waals surface area contributed by atoms with Crippen LogP contribution in [0, 0.1) is 0 Å². The largest absolute Gasteiger partial charge is 0.356 e. The molecule has 0 aromatic carbocycles. The van der Waals surface area contributed by atoms with Crippen LogP contribution in [0.15, 0.2) is 24.8 Å². The van der Waals surface area contributed by atoms with Gasteiger partial charge in [0.15, 0.2) is 0 Å². The number of imidazole rings is 1. The van der Waals surface area contributed by atoms with Crippen molar-refractivity contribution in [3.8, 4) is 0 Å². The zero-order chi connectivity index (χ0) is 15.6.